The zero-order valence-electron chi connectivity index (χ0n) is 36.5. The predicted octanol–water partition coefficient (Wildman–Crippen LogP) is 16.3. The summed E-state index contributed by atoms with van der Waals surface area (Å²) >= 11 is 2.05. The summed E-state index contributed by atoms with van der Waals surface area (Å²) in [5.74, 6) is 3.24. The minimum Gasteiger partial charge on any atom is -0.309 e. The van der Waals surface area contributed by atoms with E-state index in [1.807, 2.05) is 0 Å². The third kappa shape index (κ3) is 4.99. The van der Waals surface area contributed by atoms with E-state index in [0.29, 0.717) is 17.3 Å². The van der Waals surface area contributed by atoms with Crippen molar-refractivity contribution in [3.63, 3.8) is 0 Å². The molecule has 13 rings (SSSR count). The SMILES string of the molecule is CC1(C)CCC(C)(C)c2cc(N(c3ccc(-c4ccccc4)cc3)c3c(-c4ccccc4)ccc4c3Sc3cc(-c5ccccc5)ccc3C43C4CC5CC6CC3C64C5)ccc21. The first-order chi connectivity index (χ1) is 30.2. The van der Waals surface area contributed by atoms with Crippen molar-refractivity contribution in [1.29, 1.82) is 0 Å². The Morgan fingerprint density at radius 1 is 0.484 bits per heavy atom. The molecule has 1 heterocycles. The summed E-state index contributed by atoms with van der Waals surface area (Å²) in [5.41, 5.74) is 18.4. The van der Waals surface area contributed by atoms with E-state index in [2.05, 4.69) is 208 Å². The average Bonchev–Trinajstić information content (AvgIpc) is 3.84. The molecule has 306 valence electrons. The summed E-state index contributed by atoms with van der Waals surface area (Å²) in [4.78, 5) is 5.59. The maximum absolute atomic E-state index is 2.68. The molecular formula is C60H55NS. The lowest BCUT2D eigenvalue weighted by Gasteiger charge is -2.78. The van der Waals surface area contributed by atoms with Crippen LogP contribution in [0.2, 0.25) is 0 Å². The first-order valence-electron chi connectivity index (χ1n) is 23.4. The maximum Gasteiger partial charge on any atom is 0.0682 e. The van der Waals surface area contributed by atoms with Gasteiger partial charge in [0, 0.05) is 32.1 Å². The highest BCUT2D eigenvalue weighted by Crippen LogP contribution is 2.89. The van der Waals surface area contributed by atoms with Crippen LogP contribution in [0.5, 0.6) is 0 Å². The van der Waals surface area contributed by atoms with E-state index in [0.717, 1.165) is 11.8 Å². The van der Waals surface area contributed by atoms with Gasteiger partial charge in [0.05, 0.1) is 5.69 Å². The lowest BCUT2D eigenvalue weighted by molar-refractivity contribution is -0.235. The van der Waals surface area contributed by atoms with Gasteiger partial charge in [0.25, 0.3) is 0 Å². The molecule has 2 bridgehead atoms. The Morgan fingerprint density at radius 2 is 1.05 bits per heavy atom. The molecule has 6 aliphatic rings. The topological polar surface area (TPSA) is 3.24 Å². The van der Waals surface area contributed by atoms with E-state index < -0.39 is 0 Å². The molecule has 0 radical (unpaired) electrons. The van der Waals surface area contributed by atoms with Gasteiger partial charge in [0.2, 0.25) is 0 Å². The summed E-state index contributed by atoms with van der Waals surface area (Å²) < 4.78 is 0. The molecule has 4 saturated carbocycles. The highest BCUT2D eigenvalue weighted by atomic mass is 32.2. The van der Waals surface area contributed by atoms with Gasteiger partial charge >= 0.3 is 0 Å². The third-order valence-corrected chi connectivity index (χ3v) is 18.6. The molecule has 7 aromatic carbocycles. The molecule has 0 N–H and O–H groups in total. The van der Waals surface area contributed by atoms with Gasteiger partial charge < -0.3 is 4.90 Å². The van der Waals surface area contributed by atoms with Gasteiger partial charge in [-0.1, -0.05) is 173 Å². The maximum atomic E-state index is 2.68. The fraction of sp³-hybridized carbons (Fsp3) is 0.300. The molecular weight excluding hydrogens is 767 g/mol. The summed E-state index contributed by atoms with van der Waals surface area (Å²) in [6.07, 6.45) is 8.09. The van der Waals surface area contributed by atoms with Crippen LogP contribution in [0, 0.1) is 29.1 Å². The molecule has 7 aromatic rings. The molecule has 0 amide bonds. The van der Waals surface area contributed by atoms with Gasteiger partial charge in [-0.25, -0.2) is 0 Å². The molecule has 62 heavy (non-hydrogen) atoms. The third-order valence-electron chi connectivity index (χ3n) is 17.5. The number of benzene rings is 7. The summed E-state index contributed by atoms with van der Waals surface area (Å²) in [6.45, 7) is 9.84. The normalized spacial score (nSPS) is 27.3. The quantitative estimate of drug-likeness (QED) is 0.164. The van der Waals surface area contributed by atoms with E-state index in [4.69, 9.17) is 0 Å². The lowest BCUT2D eigenvalue weighted by atomic mass is 9.26. The predicted molar refractivity (Wildman–Crippen MR) is 259 cm³/mol. The Morgan fingerprint density at radius 3 is 1.74 bits per heavy atom. The van der Waals surface area contributed by atoms with E-state index in [1.165, 1.54) is 110 Å². The van der Waals surface area contributed by atoms with Crippen LogP contribution in [0.1, 0.15) is 88.5 Å². The fourth-order valence-electron chi connectivity index (χ4n) is 14.6. The van der Waals surface area contributed by atoms with Crippen LogP contribution < -0.4 is 4.90 Å². The smallest absolute Gasteiger partial charge is 0.0682 e. The van der Waals surface area contributed by atoms with Crippen LogP contribution in [-0.2, 0) is 16.2 Å². The van der Waals surface area contributed by atoms with Crippen molar-refractivity contribution in [1.82, 2.24) is 0 Å². The van der Waals surface area contributed by atoms with Crippen LogP contribution >= 0.6 is 11.8 Å². The minimum absolute atomic E-state index is 0.0332. The van der Waals surface area contributed by atoms with E-state index in [1.54, 1.807) is 11.1 Å². The van der Waals surface area contributed by atoms with Crippen molar-refractivity contribution in [2.45, 2.75) is 92.3 Å². The average molecular weight is 822 g/mol. The second kappa shape index (κ2) is 13.1. The minimum atomic E-state index is 0.0332. The van der Waals surface area contributed by atoms with Crippen molar-refractivity contribution < 1.29 is 0 Å². The van der Waals surface area contributed by atoms with Gasteiger partial charge in [0.15, 0.2) is 0 Å². The van der Waals surface area contributed by atoms with Gasteiger partial charge in [-0.2, -0.15) is 0 Å². The van der Waals surface area contributed by atoms with Crippen LogP contribution in [0.4, 0.5) is 17.1 Å². The number of hydrogen-bond donors (Lipinski definition) is 0. The number of hydrogen-bond acceptors (Lipinski definition) is 2. The highest BCUT2D eigenvalue weighted by Gasteiger charge is 2.84. The molecule has 1 nitrogen and oxygen atoms in total. The number of anilines is 3. The summed E-state index contributed by atoms with van der Waals surface area (Å²) in [7, 11) is 0. The Balaban J connectivity index is 1.09. The van der Waals surface area contributed by atoms with Crippen molar-refractivity contribution in [2.24, 2.45) is 29.1 Å². The molecule has 5 aliphatic carbocycles. The Kier molecular flexibility index (Phi) is 7.88. The van der Waals surface area contributed by atoms with Crippen molar-refractivity contribution in [3.05, 3.63) is 186 Å². The summed E-state index contributed by atoms with van der Waals surface area (Å²) in [6, 6.07) is 62.9. The lowest BCUT2D eigenvalue weighted by Crippen LogP contribution is -2.74. The van der Waals surface area contributed by atoms with E-state index in [9.17, 15) is 0 Å². The largest absolute Gasteiger partial charge is 0.309 e. The van der Waals surface area contributed by atoms with Crippen molar-refractivity contribution >= 4 is 28.8 Å². The molecule has 2 heteroatoms. The molecule has 0 saturated heterocycles. The molecule has 6 atom stereocenters. The zero-order valence-corrected chi connectivity index (χ0v) is 37.3. The standard InChI is InChI=1S/C60H55NS/c1-57(2)30-31-58(3,4)51-36-46(25-28-48(51)57)61(45-23-20-41(21-24-45)39-14-8-5-9-15-39)55-47(42-18-12-7-13-19-42)26-29-50-56(55)62-52-34-43(40-16-10-6-11-17-40)22-27-49(52)60(50)53-33-38-32-44-35-54(60)59(44,53)37-38/h5-29,34,36,38,44,53-54H,30-33,35,37H2,1-4H3. The molecule has 6 unspecified atom stereocenters. The van der Waals surface area contributed by atoms with Crippen LogP contribution in [0.3, 0.4) is 0 Å². The molecule has 1 aliphatic heterocycles. The number of rotatable bonds is 6. The fourth-order valence-corrected chi connectivity index (χ4v) is 16.0. The second-order valence-corrected chi connectivity index (χ2v) is 22.2. The Labute approximate surface area is 372 Å². The highest BCUT2D eigenvalue weighted by molar-refractivity contribution is 7.99. The van der Waals surface area contributed by atoms with E-state index >= 15 is 0 Å². The second-order valence-electron chi connectivity index (χ2n) is 21.2. The summed E-state index contributed by atoms with van der Waals surface area (Å²) in [5, 5.41) is 0. The number of fused-ring (bicyclic) bond motifs is 8. The van der Waals surface area contributed by atoms with Gasteiger partial charge in [-0.15, -0.1) is 0 Å². The first kappa shape index (κ1) is 37.3. The Hall–Kier alpha value is -5.31. The van der Waals surface area contributed by atoms with Crippen molar-refractivity contribution in [3.8, 4) is 33.4 Å². The number of nitrogens with zero attached hydrogens (tertiary/aromatic N) is 1. The monoisotopic (exact) mass is 821 g/mol. The Bertz CT molecular complexity index is 2910. The van der Waals surface area contributed by atoms with Gasteiger partial charge in [-0.05, 0) is 159 Å². The van der Waals surface area contributed by atoms with Gasteiger partial charge in [-0.3, -0.25) is 0 Å². The van der Waals surface area contributed by atoms with Crippen LogP contribution in [0.25, 0.3) is 33.4 Å². The first-order valence-corrected chi connectivity index (χ1v) is 24.2. The molecule has 0 aromatic heterocycles. The van der Waals surface area contributed by atoms with Crippen LogP contribution in [-0.4, -0.2) is 0 Å². The van der Waals surface area contributed by atoms with Gasteiger partial charge in [0.1, 0.15) is 0 Å². The van der Waals surface area contributed by atoms with Crippen molar-refractivity contribution in [2.75, 3.05) is 4.90 Å². The molecule has 4 fully saturated rings. The molecule has 2 spiro atoms. The van der Waals surface area contributed by atoms with Crippen LogP contribution in [0.15, 0.2) is 174 Å². The zero-order chi connectivity index (χ0) is 41.6. The van der Waals surface area contributed by atoms with E-state index in [-0.39, 0.29) is 16.2 Å².